The Kier molecular flexibility index (Phi) is 4.58. The van der Waals surface area contributed by atoms with Gasteiger partial charge in [0.25, 0.3) is 0 Å². The standard InChI is InChI=1S/C9H18O3/c1-2-5-8(10)12-9-6-3-4-7-11-9/h8-10H,2-7H2,1H3/t8-,9+/m0/s1. The van der Waals surface area contributed by atoms with E-state index in [-0.39, 0.29) is 6.29 Å². The Labute approximate surface area is 73.7 Å². The predicted molar refractivity (Wildman–Crippen MR) is 45.6 cm³/mol. The minimum absolute atomic E-state index is 0.166. The molecule has 1 heterocycles. The molecule has 0 aromatic carbocycles. The summed E-state index contributed by atoms with van der Waals surface area (Å²) in [5.41, 5.74) is 0. The van der Waals surface area contributed by atoms with Crippen molar-refractivity contribution in [2.45, 2.75) is 51.6 Å². The number of ether oxygens (including phenoxy) is 2. The van der Waals surface area contributed by atoms with Crippen molar-refractivity contribution in [2.75, 3.05) is 6.61 Å². The first kappa shape index (κ1) is 9.96. The van der Waals surface area contributed by atoms with Crippen LogP contribution < -0.4 is 0 Å². The van der Waals surface area contributed by atoms with Crippen LogP contribution in [-0.2, 0) is 9.47 Å². The Hall–Kier alpha value is -0.120. The second kappa shape index (κ2) is 5.51. The highest BCUT2D eigenvalue weighted by Crippen LogP contribution is 2.15. The van der Waals surface area contributed by atoms with Crippen molar-refractivity contribution in [3.05, 3.63) is 0 Å². The molecular formula is C9H18O3. The van der Waals surface area contributed by atoms with Crippen LogP contribution in [0.2, 0.25) is 0 Å². The minimum Gasteiger partial charge on any atom is -0.368 e. The Balaban J connectivity index is 2.11. The molecule has 1 fully saturated rings. The van der Waals surface area contributed by atoms with Gasteiger partial charge in [-0.25, -0.2) is 0 Å². The molecule has 0 bridgehead atoms. The lowest BCUT2D eigenvalue weighted by molar-refractivity contribution is -0.241. The van der Waals surface area contributed by atoms with Gasteiger partial charge in [0, 0.05) is 6.61 Å². The molecule has 1 aliphatic heterocycles. The third-order valence-corrected chi connectivity index (χ3v) is 1.98. The average Bonchev–Trinajstić information content (AvgIpc) is 2.06. The van der Waals surface area contributed by atoms with Crippen molar-refractivity contribution in [3.8, 4) is 0 Å². The fourth-order valence-electron chi connectivity index (χ4n) is 1.31. The highest BCUT2D eigenvalue weighted by atomic mass is 16.7. The topological polar surface area (TPSA) is 38.7 Å². The van der Waals surface area contributed by atoms with E-state index in [4.69, 9.17) is 9.47 Å². The third kappa shape index (κ3) is 3.52. The summed E-state index contributed by atoms with van der Waals surface area (Å²) >= 11 is 0. The quantitative estimate of drug-likeness (QED) is 0.658. The van der Waals surface area contributed by atoms with Gasteiger partial charge in [0.15, 0.2) is 12.6 Å². The lowest BCUT2D eigenvalue weighted by Gasteiger charge is -2.25. The highest BCUT2D eigenvalue weighted by molar-refractivity contribution is 4.54. The minimum atomic E-state index is -0.641. The maximum atomic E-state index is 9.30. The number of aliphatic hydroxyl groups excluding tert-OH is 1. The number of rotatable bonds is 4. The number of hydrogen-bond donors (Lipinski definition) is 1. The van der Waals surface area contributed by atoms with E-state index in [0.29, 0.717) is 6.42 Å². The first-order valence-corrected chi connectivity index (χ1v) is 4.78. The Morgan fingerprint density at radius 2 is 2.42 bits per heavy atom. The molecule has 2 atom stereocenters. The molecule has 0 unspecified atom stereocenters. The van der Waals surface area contributed by atoms with Crippen molar-refractivity contribution >= 4 is 0 Å². The number of aliphatic hydroxyl groups is 1. The monoisotopic (exact) mass is 174 g/mol. The van der Waals surface area contributed by atoms with Crippen molar-refractivity contribution in [3.63, 3.8) is 0 Å². The van der Waals surface area contributed by atoms with Gasteiger partial charge in [0.2, 0.25) is 0 Å². The molecule has 72 valence electrons. The van der Waals surface area contributed by atoms with E-state index in [1.165, 1.54) is 0 Å². The van der Waals surface area contributed by atoms with Gasteiger partial charge >= 0.3 is 0 Å². The van der Waals surface area contributed by atoms with E-state index in [9.17, 15) is 5.11 Å². The van der Waals surface area contributed by atoms with Gasteiger partial charge in [-0.05, 0) is 25.7 Å². The summed E-state index contributed by atoms with van der Waals surface area (Å²) in [5, 5.41) is 9.30. The molecule has 3 heteroatoms. The smallest absolute Gasteiger partial charge is 0.160 e. The zero-order chi connectivity index (χ0) is 8.81. The first-order valence-electron chi connectivity index (χ1n) is 4.78. The van der Waals surface area contributed by atoms with E-state index in [1.54, 1.807) is 0 Å². The molecule has 1 rings (SSSR count). The molecule has 0 radical (unpaired) electrons. The molecule has 12 heavy (non-hydrogen) atoms. The SMILES string of the molecule is CCC[C@@H](O)O[C@@H]1CCCCO1. The molecule has 1 saturated heterocycles. The molecule has 0 amide bonds. The van der Waals surface area contributed by atoms with E-state index in [2.05, 4.69) is 0 Å². The van der Waals surface area contributed by atoms with Crippen LogP contribution in [0.25, 0.3) is 0 Å². The van der Waals surface area contributed by atoms with Crippen molar-refractivity contribution in [1.82, 2.24) is 0 Å². The van der Waals surface area contributed by atoms with Crippen LogP contribution >= 0.6 is 0 Å². The van der Waals surface area contributed by atoms with Gasteiger partial charge in [-0.1, -0.05) is 13.3 Å². The normalized spacial score (nSPS) is 27.0. The zero-order valence-electron chi connectivity index (χ0n) is 7.66. The lowest BCUT2D eigenvalue weighted by Crippen LogP contribution is -2.27. The summed E-state index contributed by atoms with van der Waals surface area (Å²) in [6.07, 6.45) is 4.00. The second-order valence-electron chi connectivity index (χ2n) is 3.18. The maximum absolute atomic E-state index is 9.30. The van der Waals surface area contributed by atoms with Crippen LogP contribution in [-0.4, -0.2) is 24.3 Å². The van der Waals surface area contributed by atoms with Crippen molar-refractivity contribution in [1.29, 1.82) is 0 Å². The van der Waals surface area contributed by atoms with E-state index in [0.717, 1.165) is 32.3 Å². The van der Waals surface area contributed by atoms with Gasteiger partial charge in [-0.15, -0.1) is 0 Å². The third-order valence-electron chi connectivity index (χ3n) is 1.98. The van der Waals surface area contributed by atoms with Gasteiger partial charge < -0.3 is 14.6 Å². The molecule has 0 aromatic heterocycles. The van der Waals surface area contributed by atoms with Crippen molar-refractivity contribution in [2.24, 2.45) is 0 Å². The predicted octanol–water partition coefficient (Wildman–Crippen LogP) is 1.65. The number of hydrogen-bond acceptors (Lipinski definition) is 3. The van der Waals surface area contributed by atoms with Crippen LogP contribution in [0.1, 0.15) is 39.0 Å². The fraction of sp³-hybridized carbons (Fsp3) is 1.00. The molecule has 1 N–H and O–H groups in total. The molecule has 0 aromatic rings. The average molecular weight is 174 g/mol. The molecular weight excluding hydrogens is 156 g/mol. The molecule has 1 aliphatic rings. The Bertz CT molecular complexity index is 110. The van der Waals surface area contributed by atoms with Crippen LogP contribution in [0.4, 0.5) is 0 Å². The molecule has 0 spiro atoms. The molecule has 3 nitrogen and oxygen atoms in total. The Morgan fingerprint density at radius 3 is 3.00 bits per heavy atom. The van der Waals surface area contributed by atoms with E-state index >= 15 is 0 Å². The fourth-order valence-corrected chi connectivity index (χ4v) is 1.31. The summed E-state index contributed by atoms with van der Waals surface area (Å²) in [7, 11) is 0. The van der Waals surface area contributed by atoms with Gasteiger partial charge in [0.05, 0.1) is 0 Å². The van der Waals surface area contributed by atoms with Gasteiger partial charge in [-0.2, -0.15) is 0 Å². The Morgan fingerprint density at radius 1 is 1.58 bits per heavy atom. The summed E-state index contributed by atoms with van der Waals surface area (Å²) < 4.78 is 10.6. The van der Waals surface area contributed by atoms with E-state index in [1.807, 2.05) is 6.92 Å². The first-order chi connectivity index (χ1) is 5.83. The van der Waals surface area contributed by atoms with Crippen LogP contribution in [0.15, 0.2) is 0 Å². The van der Waals surface area contributed by atoms with Crippen LogP contribution in [0.3, 0.4) is 0 Å². The van der Waals surface area contributed by atoms with Crippen LogP contribution in [0.5, 0.6) is 0 Å². The van der Waals surface area contributed by atoms with Gasteiger partial charge in [0.1, 0.15) is 0 Å². The molecule has 0 aliphatic carbocycles. The summed E-state index contributed by atoms with van der Waals surface area (Å²) in [5.74, 6) is 0. The highest BCUT2D eigenvalue weighted by Gasteiger charge is 2.17. The summed E-state index contributed by atoms with van der Waals surface area (Å²) in [6.45, 7) is 2.79. The van der Waals surface area contributed by atoms with Crippen molar-refractivity contribution < 1.29 is 14.6 Å². The van der Waals surface area contributed by atoms with Crippen LogP contribution in [0, 0.1) is 0 Å². The van der Waals surface area contributed by atoms with Gasteiger partial charge in [-0.3, -0.25) is 0 Å². The summed E-state index contributed by atoms with van der Waals surface area (Å²) in [6, 6.07) is 0. The maximum Gasteiger partial charge on any atom is 0.160 e. The lowest BCUT2D eigenvalue weighted by atomic mass is 10.2. The molecule has 0 saturated carbocycles. The summed E-state index contributed by atoms with van der Waals surface area (Å²) in [4.78, 5) is 0. The van der Waals surface area contributed by atoms with E-state index < -0.39 is 6.29 Å². The largest absolute Gasteiger partial charge is 0.368 e. The zero-order valence-corrected chi connectivity index (χ0v) is 7.66. The second-order valence-corrected chi connectivity index (χ2v) is 3.18.